The zero-order valence-corrected chi connectivity index (χ0v) is 11.1. The Bertz CT molecular complexity index is 575. The van der Waals surface area contributed by atoms with Crippen LogP contribution in [0, 0.1) is 11.8 Å². The van der Waals surface area contributed by atoms with Crippen LogP contribution in [0.1, 0.15) is 37.2 Å². The van der Waals surface area contributed by atoms with Crippen LogP contribution in [0.3, 0.4) is 0 Å². The molecule has 2 fully saturated rings. The van der Waals surface area contributed by atoms with Gasteiger partial charge >= 0.3 is 0 Å². The number of hydrogen-bond donors (Lipinski definition) is 0. The van der Waals surface area contributed by atoms with E-state index in [0.717, 1.165) is 23.4 Å². The van der Waals surface area contributed by atoms with Crippen LogP contribution in [-0.4, -0.2) is 4.98 Å². The average Bonchev–Trinajstić information content (AvgIpc) is 3.11. The normalized spacial score (nSPS) is 28.7. The van der Waals surface area contributed by atoms with Crippen molar-refractivity contribution in [2.24, 2.45) is 11.8 Å². The molecule has 96 valence electrons. The fourth-order valence-corrected chi connectivity index (χ4v) is 4.10. The molecule has 2 bridgehead atoms. The molecule has 2 aliphatic rings. The van der Waals surface area contributed by atoms with E-state index in [2.05, 4.69) is 47.4 Å². The molecule has 0 amide bonds. The van der Waals surface area contributed by atoms with E-state index >= 15 is 0 Å². The van der Waals surface area contributed by atoms with Crippen LogP contribution in [-0.2, 0) is 0 Å². The van der Waals surface area contributed by atoms with Gasteiger partial charge in [0.05, 0.1) is 5.69 Å². The number of pyridine rings is 1. The first kappa shape index (κ1) is 11.2. The highest BCUT2D eigenvalue weighted by Gasteiger charge is 2.40. The molecule has 2 saturated carbocycles. The van der Waals surface area contributed by atoms with Crippen LogP contribution in [0.2, 0.25) is 0 Å². The third kappa shape index (κ3) is 1.98. The first-order valence-electron chi connectivity index (χ1n) is 7.41. The van der Waals surface area contributed by atoms with Crippen LogP contribution < -0.4 is 0 Å². The lowest BCUT2D eigenvalue weighted by molar-refractivity contribution is 0.420. The summed E-state index contributed by atoms with van der Waals surface area (Å²) in [4.78, 5) is 4.54. The SMILES string of the molecule is c1ccc(-c2cc(C3CC4CCC3C4)ccn2)cc1. The predicted octanol–water partition coefficient (Wildman–Crippen LogP) is 4.65. The van der Waals surface area contributed by atoms with Crippen molar-refractivity contribution in [3.05, 3.63) is 54.2 Å². The molecular weight excluding hydrogens is 230 g/mol. The lowest BCUT2D eigenvalue weighted by Gasteiger charge is -2.22. The lowest BCUT2D eigenvalue weighted by atomic mass is 9.83. The van der Waals surface area contributed by atoms with Crippen LogP contribution in [0.25, 0.3) is 11.3 Å². The predicted molar refractivity (Wildman–Crippen MR) is 77.9 cm³/mol. The number of aromatic nitrogens is 1. The Hall–Kier alpha value is -1.63. The van der Waals surface area contributed by atoms with Gasteiger partial charge in [0.15, 0.2) is 0 Å². The summed E-state index contributed by atoms with van der Waals surface area (Å²) in [5.74, 6) is 2.74. The summed E-state index contributed by atoms with van der Waals surface area (Å²) < 4.78 is 0. The van der Waals surface area contributed by atoms with Crippen molar-refractivity contribution in [3.63, 3.8) is 0 Å². The van der Waals surface area contributed by atoms with Crippen LogP contribution >= 0.6 is 0 Å². The van der Waals surface area contributed by atoms with E-state index in [4.69, 9.17) is 0 Å². The molecule has 4 rings (SSSR count). The van der Waals surface area contributed by atoms with Crippen LogP contribution in [0.5, 0.6) is 0 Å². The third-order valence-electron chi connectivity index (χ3n) is 5.02. The van der Waals surface area contributed by atoms with E-state index in [0.29, 0.717) is 0 Å². The van der Waals surface area contributed by atoms with E-state index in [1.54, 1.807) is 0 Å². The molecular formula is C18H19N. The fourth-order valence-electron chi connectivity index (χ4n) is 4.10. The van der Waals surface area contributed by atoms with Gasteiger partial charge in [-0.05, 0) is 54.7 Å². The minimum Gasteiger partial charge on any atom is -0.256 e. The zero-order valence-electron chi connectivity index (χ0n) is 11.1. The first-order valence-corrected chi connectivity index (χ1v) is 7.41. The molecule has 1 nitrogen and oxygen atoms in total. The molecule has 0 spiro atoms. The molecule has 0 radical (unpaired) electrons. The van der Waals surface area contributed by atoms with Crippen molar-refractivity contribution in [2.45, 2.75) is 31.6 Å². The molecule has 1 aromatic carbocycles. The molecule has 2 aromatic rings. The molecule has 1 aromatic heterocycles. The first-order chi connectivity index (χ1) is 9.40. The zero-order chi connectivity index (χ0) is 12.7. The Labute approximate surface area is 114 Å². The summed E-state index contributed by atoms with van der Waals surface area (Å²) in [6, 6.07) is 15.1. The van der Waals surface area contributed by atoms with Gasteiger partial charge in [0.2, 0.25) is 0 Å². The van der Waals surface area contributed by atoms with E-state index < -0.39 is 0 Å². The summed E-state index contributed by atoms with van der Waals surface area (Å²) in [7, 11) is 0. The Balaban J connectivity index is 1.68. The minimum atomic E-state index is 0.796. The van der Waals surface area contributed by atoms with Crippen LogP contribution in [0.4, 0.5) is 0 Å². The molecule has 1 heterocycles. The third-order valence-corrected chi connectivity index (χ3v) is 5.02. The second-order valence-corrected chi connectivity index (χ2v) is 6.12. The Morgan fingerprint density at radius 1 is 0.947 bits per heavy atom. The van der Waals surface area contributed by atoms with Crippen molar-refractivity contribution < 1.29 is 0 Å². The topological polar surface area (TPSA) is 12.9 Å². The summed E-state index contributed by atoms with van der Waals surface area (Å²) in [5, 5.41) is 0. The standard InChI is InChI=1S/C18H19N/c1-2-4-14(5-3-1)18-12-16(8-9-19-18)17-11-13-6-7-15(17)10-13/h1-5,8-9,12-13,15,17H,6-7,10-11H2. The summed E-state index contributed by atoms with van der Waals surface area (Å²) in [6.45, 7) is 0. The Morgan fingerprint density at radius 3 is 2.58 bits per heavy atom. The van der Waals surface area contributed by atoms with E-state index in [1.165, 1.54) is 36.8 Å². The van der Waals surface area contributed by atoms with Gasteiger partial charge < -0.3 is 0 Å². The number of hydrogen-bond acceptors (Lipinski definition) is 1. The van der Waals surface area contributed by atoms with Crippen molar-refractivity contribution >= 4 is 0 Å². The maximum Gasteiger partial charge on any atom is 0.0704 e. The molecule has 3 unspecified atom stereocenters. The molecule has 0 aliphatic heterocycles. The maximum absolute atomic E-state index is 4.54. The summed E-state index contributed by atoms with van der Waals surface area (Å²) in [6.07, 6.45) is 7.77. The van der Waals surface area contributed by atoms with Crippen molar-refractivity contribution in [1.29, 1.82) is 0 Å². The van der Waals surface area contributed by atoms with Gasteiger partial charge in [-0.2, -0.15) is 0 Å². The summed E-state index contributed by atoms with van der Waals surface area (Å²) >= 11 is 0. The van der Waals surface area contributed by atoms with Gasteiger partial charge in [-0.1, -0.05) is 36.8 Å². The van der Waals surface area contributed by atoms with Gasteiger partial charge in [-0.25, -0.2) is 0 Å². The van der Waals surface area contributed by atoms with E-state index in [-0.39, 0.29) is 0 Å². The molecule has 0 saturated heterocycles. The molecule has 2 aliphatic carbocycles. The van der Waals surface area contributed by atoms with Gasteiger partial charge in [-0.15, -0.1) is 0 Å². The second kappa shape index (κ2) is 4.48. The smallest absolute Gasteiger partial charge is 0.0704 e. The Morgan fingerprint density at radius 2 is 1.84 bits per heavy atom. The summed E-state index contributed by atoms with van der Waals surface area (Å²) in [5.41, 5.74) is 3.87. The minimum absolute atomic E-state index is 0.796. The fraction of sp³-hybridized carbons (Fsp3) is 0.389. The quantitative estimate of drug-likeness (QED) is 0.754. The maximum atomic E-state index is 4.54. The second-order valence-electron chi connectivity index (χ2n) is 6.12. The average molecular weight is 249 g/mol. The highest BCUT2D eigenvalue weighted by atomic mass is 14.7. The molecule has 3 atom stereocenters. The van der Waals surface area contributed by atoms with Gasteiger partial charge in [0.25, 0.3) is 0 Å². The largest absolute Gasteiger partial charge is 0.256 e. The Kier molecular flexibility index (Phi) is 2.65. The number of benzene rings is 1. The highest BCUT2D eigenvalue weighted by molar-refractivity contribution is 5.59. The number of fused-ring (bicyclic) bond motifs is 2. The van der Waals surface area contributed by atoms with Crippen molar-refractivity contribution in [2.75, 3.05) is 0 Å². The van der Waals surface area contributed by atoms with E-state index in [9.17, 15) is 0 Å². The molecule has 19 heavy (non-hydrogen) atoms. The number of nitrogens with zero attached hydrogens (tertiary/aromatic N) is 1. The number of rotatable bonds is 2. The molecule has 1 heteroatoms. The highest BCUT2D eigenvalue weighted by Crippen LogP contribution is 2.52. The monoisotopic (exact) mass is 249 g/mol. The van der Waals surface area contributed by atoms with Crippen LogP contribution in [0.15, 0.2) is 48.7 Å². The van der Waals surface area contributed by atoms with Gasteiger partial charge in [0.1, 0.15) is 0 Å². The lowest BCUT2D eigenvalue weighted by Crippen LogP contribution is -2.08. The van der Waals surface area contributed by atoms with Gasteiger partial charge in [-0.3, -0.25) is 4.98 Å². The van der Waals surface area contributed by atoms with E-state index in [1.807, 2.05) is 6.20 Å². The van der Waals surface area contributed by atoms with Gasteiger partial charge in [0, 0.05) is 11.8 Å². The van der Waals surface area contributed by atoms with Crippen molar-refractivity contribution in [1.82, 2.24) is 4.98 Å². The van der Waals surface area contributed by atoms with Crippen molar-refractivity contribution in [3.8, 4) is 11.3 Å². The molecule has 0 N–H and O–H groups in total.